The molecule has 17 heavy (non-hydrogen) atoms. The fraction of sp³-hybridized carbons (Fsp3) is 0.333. The maximum absolute atomic E-state index is 9.10. The molecule has 0 aliphatic carbocycles. The SMILES string of the molecule is Cc1ccccc1CCCN.O=C(O)C(=O)O. The molecule has 1 aromatic carbocycles. The van der Waals surface area contributed by atoms with E-state index in [0.29, 0.717) is 0 Å². The van der Waals surface area contributed by atoms with Crippen molar-refractivity contribution >= 4 is 11.9 Å². The Labute approximate surface area is 99.9 Å². The molecule has 1 aromatic rings. The van der Waals surface area contributed by atoms with Crippen LogP contribution in [-0.2, 0) is 16.0 Å². The lowest BCUT2D eigenvalue weighted by molar-refractivity contribution is -0.159. The second-order valence-corrected chi connectivity index (χ2v) is 3.43. The van der Waals surface area contributed by atoms with E-state index < -0.39 is 11.9 Å². The zero-order valence-electron chi connectivity index (χ0n) is 9.72. The Bertz CT molecular complexity index is 365. The highest BCUT2D eigenvalue weighted by atomic mass is 16.4. The minimum atomic E-state index is -1.82. The monoisotopic (exact) mass is 239 g/mol. The van der Waals surface area contributed by atoms with Crippen LogP contribution in [0.1, 0.15) is 17.5 Å². The molecule has 0 aromatic heterocycles. The predicted octanol–water partition coefficient (Wildman–Crippen LogP) is 1.04. The molecular weight excluding hydrogens is 222 g/mol. The molecule has 0 saturated heterocycles. The fourth-order valence-electron chi connectivity index (χ4n) is 1.18. The first kappa shape index (κ1) is 15.1. The summed E-state index contributed by atoms with van der Waals surface area (Å²) in [5.41, 5.74) is 8.23. The van der Waals surface area contributed by atoms with E-state index in [1.54, 1.807) is 0 Å². The van der Waals surface area contributed by atoms with Gasteiger partial charge in [0.25, 0.3) is 0 Å². The molecule has 0 saturated carbocycles. The molecule has 0 unspecified atom stereocenters. The normalized spacial score (nSPS) is 9.06. The molecular formula is C12H17NO4. The van der Waals surface area contributed by atoms with Crippen LogP contribution >= 0.6 is 0 Å². The van der Waals surface area contributed by atoms with E-state index in [1.807, 2.05) is 0 Å². The summed E-state index contributed by atoms with van der Waals surface area (Å²) < 4.78 is 0. The number of aryl methyl sites for hydroxylation is 2. The summed E-state index contributed by atoms with van der Waals surface area (Å²) in [6.45, 7) is 2.93. The number of carbonyl (C=O) groups is 2. The number of aliphatic carboxylic acids is 2. The van der Waals surface area contributed by atoms with Crippen molar-refractivity contribution in [2.24, 2.45) is 5.73 Å². The van der Waals surface area contributed by atoms with Crippen molar-refractivity contribution in [1.82, 2.24) is 0 Å². The van der Waals surface area contributed by atoms with Gasteiger partial charge in [0.2, 0.25) is 0 Å². The lowest BCUT2D eigenvalue weighted by atomic mass is 10.0. The molecule has 5 nitrogen and oxygen atoms in total. The van der Waals surface area contributed by atoms with Gasteiger partial charge in [-0.05, 0) is 37.4 Å². The lowest BCUT2D eigenvalue weighted by Crippen LogP contribution is -2.09. The Morgan fingerprint density at radius 2 is 1.71 bits per heavy atom. The van der Waals surface area contributed by atoms with Gasteiger partial charge in [-0.25, -0.2) is 9.59 Å². The van der Waals surface area contributed by atoms with Crippen LogP contribution in [-0.4, -0.2) is 28.7 Å². The molecule has 0 bridgehead atoms. The van der Waals surface area contributed by atoms with Crippen LogP contribution in [0.4, 0.5) is 0 Å². The van der Waals surface area contributed by atoms with Crippen molar-refractivity contribution in [3.05, 3.63) is 35.4 Å². The van der Waals surface area contributed by atoms with Gasteiger partial charge in [-0.2, -0.15) is 0 Å². The average molecular weight is 239 g/mol. The van der Waals surface area contributed by atoms with E-state index in [-0.39, 0.29) is 0 Å². The Hall–Kier alpha value is -1.88. The first-order chi connectivity index (χ1) is 7.99. The van der Waals surface area contributed by atoms with Crippen molar-refractivity contribution in [1.29, 1.82) is 0 Å². The molecule has 5 heteroatoms. The highest BCUT2D eigenvalue weighted by molar-refractivity contribution is 6.27. The van der Waals surface area contributed by atoms with Crippen LogP contribution in [0.25, 0.3) is 0 Å². The zero-order chi connectivity index (χ0) is 13.3. The van der Waals surface area contributed by atoms with Gasteiger partial charge in [-0.1, -0.05) is 24.3 Å². The molecule has 0 atom stereocenters. The summed E-state index contributed by atoms with van der Waals surface area (Å²) in [6, 6.07) is 8.47. The third kappa shape index (κ3) is 7.08. The molecule has 0 spiro atoms. The van der Waals surface area contributed by atoms with Gasteiger partial charge < -0.3 is 15.9 Å². The van der Waals surface area contributed by atoms with Crippen molar-refractivity contribution in [2.45, 2.75) is 19.8 Å². The molecule has 0 radical (unpaired) electrons. The van der Waals surface area contributed by atoms with E-state index >= 15 is 0 Å². The second kappa shape index (κ2) is 8.29. The molecule has 94 valence electrons. The number of rotatable bonds is 3. The van der Waals surface area contributed by atoms with Gasteiger partial charge in [-0.3, -0.25) is 0 Å². The van der Waals surface area contributed by atoms with Crippen LogP contribution in [0, 0.1) is 6.92 Å². The van der Waals surface area contributed by atoms with Gasteiger partial charge in [0.1, 0.15) is 0 Å². The van der Waals surface area contributed by atoms with Crippen molar-refractivity contribution in [3.63, 3.8) is 0 Å². The fourth-order valence-corrected chi connectivity index (χ4v) is 1.18. The minimum Gasteiger partial charge on any atom is -0.473 e. The number of carboxylic acids is 2. The summed E-state index contributed by atoms with van der Waals surface area (Å²) in [4.78, 5) is 18.2. The van der Waals surface area contributed by atoms with Gasteiger partial charge in [0.05, 0.1) is 0 Å². The molecule has 0 heterocycles. The first-order valence-corrected chi connectivity index (χ1v) is 5.19. The van der Waals surface area contributed by atoms with E-state index in [0.717, 1.165) is 19.4 Å². The molecule has 1 rings (SSSR count). The number of carboxylic acid groups (broad SMARTS) is 2. The molecule has 0 fully saturated rings. The molecule has 0 aliphatic heterocycles. The van der Waals surface area contributed by atoms with E-state index in [1.165, 1.54) is 11.1 Å². The molecule has 0 aliphatic rings. The van der Waals surface area contributed by atoms with Crippen molar-refractivity contribution < 1.29 is 19.8 Å². The van der Waals surface area contributed by atoms with Crippen molar-refractivity contribution in [3.8, 4) is 0 Å². The first-order valence-electron chi connectivity index (χ1n) is 5.19. The Morgan fingerprint density at radius 1 is 1.18 bits per heavy atom. The number of benzene rings is 1. The topological polar surface area (TPSA) is 101 Å². The van der Waals surface area contributed by atoms with Crippen molar-refractivity contribution in [2.75, 3.05) is 6.54 Å². The number of nitrogens with two attached hydrogens (primary N) is 1. The highest BCUT2D eigenvalue weighted by Crippen LogP contribution is 2.08. The Morgan fingerprint density at radius 3 is 2.12 bits per heavy atom. The quantitative estimate of drug-likeness (QED) is 0.684. The maximum Gasteiger partial charge on any atom is 0.414 e. The van der Waals surface area contributed by atoms with Gasteiger partial charge in [-0.15, -0.1) is 0 Å². The predicted molar refractivity (Wildman–Crippen MR) is 63.8 cm³/mol. The largest absolute Gasteiger partial charge is 0.473 e. The summed E-state index contributed by atoms with van der Waals surface area (Å²) >= 11 is 0. The van der Waals surface area contributed by atoms with Crippen LogP contribution in [0.3, 0.4) is 0 Å². The van der Waals surface area contributed by atoms with Crippen LogP contribution < -0.4 is 5.73 Å². The van der Waals surface area contributed by atoms with Crippen LogP contribution in [0.5, 0.6) is 0 Å². The van der Waals surface area contributed by atoms with Crippen LogP contribution in [0.2, 0.25) is 0 Å². The van der Waals surface area contributed by atoms with E-state index in [9.17, 15) is 0 Å². The van der Waals surface area contributed by atoms with Crippen LogP contribution in [0.15, 0.2) is 24.3 Å². The lowest BCUT2D eigenvalue weighted by Gasteiger charge is -2.02. The molecule has 4 N–H and O–H groups in total. The summed E-state index contributed by atoms with van der Waals surface area (Å²) in [7, 11) is 0. The standard InChI is InChI=1S/C10H15N.C2H2O4/c1-9-5-2-3-6-10(9)7-4-8-11;3-1(4)2(5)6/h2-3,5-6H,4,7-8,11H2,1H3;(H,3,4)(H,5,6). The van der Waals surface area contributed by atoms with E-state index in [2.05, 4.69) is 31.2 Å². The minimum absolute atomic E-state index is 0.786. The Kier molecular flexibility index (Phi) is 7.38. The van der Waals surface area contributed by atoms with Gasteiger partial charge in [0, 0.05) is 0 Å². The highest BCUT2D eigenvalue weighted by Gasteiger charge is 2.04. The summed E-state index contributed by atoms with van der Waals surface area (Å²) in [6.07, 6.45) is 2.20. The Balaban J connectivity index is 0.000000366. The zero-order valence-corrected chi connectivity index (χ0v) is 9.72. The third-order valence-electron chi connectivity index (χ3n) is 2.09. The third-order valence-corrected chi connectivity index (χ3v) is 2.09. The number of hydrogen-bond donors (Lipinski definition) is 3. The average Bonchev–Trinajstić information content (AvgIpc) is 2.29. The smallest absolute Gasteiger partial charge is 0.414 e. The summed E-state index contributed by atoms with van der Waals surface area (Å²) in [5, 5.41) is 14.8. The number of hydrogen-bond acceptors (Lipinski definition) is 3. The summed E-state index contributed by atoms with van der Waals surface area (Å²) in [5.74, 6) is -3.65. The second-order valence-electron chi connectivity index (χ2n) is 3.43. The van der Waals surface area contributed by atoms with Gasteiger partial charge >= 0.3 is 11.9 Å². The van der Waals surface area contributed by atoms with E-state index in [4.69, 9.17) is 25.5 Å². The molecule has 0 amide bonds. The van der Waals surface area contributed by atoms with Gasteiger partial charge in [0.15, 0.2) is 0 Å². The maximum atomic E-state index is 9.10.